The highest BCUT2D eigenvalue weighted by Gasteiger charge is 2.25. The number of benzene rings is 1. The van der Waals surface area contributed by atoms with Gasteiger partial charge in [0, 0.05) is 14.6 Å². The van der Waals surface area contributed by atoms with Crippen molar-refractivity contribution in [3.8, 4) is 0 Å². The maximum absolute atomic E-state index is 6.13. The molecule has 1 saturated carbocycles. The van der Waals surface area contributed by atoms with Gasteiger partial charge in [0.05, 0.1) is 0 Å². The molecule has 0 saturated heterocycles. The third-order valence-electron chi connectivity index (χ3n) is 3.73. The monoisotopic (exact) mass is 363 g/mol. The standard InChI is InChI=1S/C14H19ClIN/c1-17-14(10-5-3-2-4-6-10)12-9-11(15)7-8-13(12)16/h7-10,14,17H,2-6H2,1H3. The summed E-state index contributed by atoms with van der Waals surface area (Å²) in [6.07, 6.45) is 6.84. The minimum Gasteiger partial charge on any atom is -0.313 e. The van der Waals surface area contributed by atoms with E-state index in [1.54, 1.807) is 0 Å². The normalized spacial score (nSPS) is 19.2. The molecule has 1 unspecified atom stereocenters. The van der Waals surface area contributed by atoms with Crippen molar-refractivity contribution >= 4 is 34.2 Å². The van der Waals surface area contributed by atoms with E-state index < -0.39 is 0 Å². The molecule has 2 rings (SSSR count). The molecule has 0 amide bonds. The first kappa shape index (κ1) is 13.6. The van der Waals surface area contributed by atoms with Crippen LogP contribution < -0.4 is 5.32 Å². The summed E-state index contributed by atoms with van der Waals surface area (Å²) in [7, 11) is 2.07. The topological polar surface area (TPSA) is 12.0 Å². The van der Waals surface area contributed by atoms with E-state index in [9.17, 15) is 0 Å². The molecule has 1 fully saturated rings. The van der Waals surface area contributed by atoms with Gasteiger partial charge in [0.25, 0.3) is 0 Å². The fourth-order valence-corrected chi connectivity index (χ4v) is 3.72. The number of nitrogens with one attached hydrogen (secondary N) is 1. The Morgan fingerprint density at radius 2 is 2.00 bits per heavy atom. The summed E-state index contributed by atoms with van der Waals surface area (Å²) in [6.45, 7) is 0. The summed E-state index contributed by atoms with van der Waals surface area (Å²) >= 11 is 8.54. The van der Waals surface area contributed by atoms with E-state index in [0.29, 0.717) is 6.04 Å². The Kier molecular flexibility index (Phi) is 5.12. The van der Waals surface area contributed by atoms with Crippen LogP contribution in [0.3, 0.4) is 0 Å². The Bertz CT molecular complexity index is 374. The van der Waals surface area contributed by atoms with Crippen molar-refractivity contribution in [1.82, 2.24) is 5.32 Å². The van der Waals surface area contributed by atoms with Crippen LogP contribution in [0, 0.1) is 9.49 Å². The average Bonchev–Trinajstić information content (AvgIpc) is 2.36. The van der Waals surface area contributed by atoms with Crippen LogP contribution in [0.1, 0.15) is 43.7 Å². The fourth-order valence-electron chi connectivity index (χ4n) is 2.87. The van der Waals surface area contributed by atoms with Crippen LogP contribution in [-0.4, -0.2) is 7.05 Å². The van der Waals surface area contributed by atoms with Crippen LogP contribution in [-0.2, 0) is 0 Å². The quantitative estimate of drug-likeness (QED) is 0.762. The van der Waals surface area contributed by atoms with Crippen molar-refractivity contribution in [2.75, 3.05) is 7.05 Å². The molecule has 0 spiro atoms. The summed E-state index contributed by atoms with van der Waals surface area (Å²) in [6, 6.07) is 6.67. The molecule has 3 heteroatoms. The lowest BCUT2D eigenvalue weighted by Gasteiger charge is -2.31. The molecule has 1 aromatic carbocycles. The highest BCUT2D eigenvalue weighted by atomic mass is 127. The van der Waals surface area contributed by atoms with E-state index >= 15 is 0 Å². The zero-order chi connectivity index (χ0) is 12.3. The largest absolute Gasteiger partial charge is 0.313 e. The predicted octanol–water partition coefficient (Wildman–Crippen LogP) is 4.79. The summed E-state index contributed by atoms with van der Waals surface area (Å²) in [5.74, 6) is 0.765. The molecule has 1 nitrogen and oxygen atoms in total. The molecule has 0 aromatic heterocycles. The average molecular weight is 364 g/mol. The summed E-state index contributed by atoms with van der Waals surface area (Å²) in [4.78, 5) is 0. The molecular formula is C14H19ClIN. The third kappa shape index (κ3) is 3.36. The van der Waals surface area contributed by atoms with Gasteiger partial charge in [-0.05, 0) is 72.2 Å². The molecule has 0 heterocycles. The highest BCUT2D eigenvalue weighted by Crippen LogP contribution is 2.36. The lowest BCUT2D eigenvalue weighted by molar-refractivity contribution is 0.281. The third-order valence-corrected chi connectivity index (χ3v) is 4.94. The first-order valence-corrected chi connectivity index (χ1v) is 7.80. The van der Waals surface area contributed by atoms with Crippen LogP contribution in [0.15, 0.2) is 18.2 Å². The van der Waals surface area contributed by atoms with Gasteiger partial charge in [0.2, 0.25) is 0 Å². The Labute approximate surface area is 122 Å². The highest BCUT2D eigenvalue weighted by molar-refractivity contribution is 14.1. The summed E-state index contributed by atoms with van der Waals surface area (Å²) in [5, 5.41) is 4.34. The Morgan fingerprint density at radius 3 is 2.65 bits per heavy atom. The predicted molar refractivity (Wildman–Crippen MR) is 82.5 cm³/mol. The van der Waals surface area contributed by atoms with Gasteiger partial charge in [-0.1, -0.05) is 30.9 Å². The zero-order valence-electron chi connectivity index (χ0n) is 10.2. The van der Waals surface area contributed by atoms with Gasteiger partial charge in [-0.15, -0.1) is 0 Å². The van der Waals surface area contributed by atoms with Crippen LogP contribution in [0.2, 0.25) is 5.02 Å². The molecule has 1 aliphatic carbocycles. The van der Waals surface area contributed by atoms with E-state index in [-0.39, 0.29) is 0 Å². The van der Waals surface area contributed by atoms with Crippen molar-refractivity contribution in [3.05, 3.63) is 32.4 Å². The van der Waals surface area contributed by atoms with E-state index in [2.05, 4.69) is 47.1 Å². The number of halogens is 2. The molecule has 1 N–H and O–H groups in total. The van der Waals surface area contributed by atoms with Crippen molar-refractivity contribution in [3.63, 3.8) is 0 Å². The van der Waals surface area contributed by atoms with Crippen molar-refractivity contribution in [2.45, 2.75) is 38.1 Å². The molecule has 1 aliphatic rings. The van der Waals surface area contributed by atoms with Crippen LogP contribution in [0.4, 0.5) is 0 Å². The number of hydrogen-bond donors (Lipinski definition) is 1. The maximum atomic E-state index is 6.13. The minimum atomic E-state index is 0.459. The first-order chi connectivity index (χ1) is 8.22. The van der Waals surface area contributed by atoms with Gasteiger partial charge >= 0.3 is 0 Å². The lowest BCUT2D eigenvalue weighted by Crippen LogP contribution is -2.27. The molecule has 94 valence electrons. The molecule has 0 aliphatic heterocycles. The van der Waals surface area contributed by atoms with Gasteiger partial charge in [-0.25, -0.2) is 0 Å². The van der Waals surface area contributed by atoms with E-state index in [4.69, 9.17) is 11.6 Å². The van der Waals surface area contributed by atoms with Gasteiger partial charge in [-0.3, -0.25) is 0 Å². The lowest BCUT2D eigenvalue weighted by atomic mass is 9.81. The number of hydrogen-bond acceptors (Lipinski definition) is 1. The zero-order valence-corrected chi connectivity index (χ0v) is 13.1. The Balaban J connectivity index is 2.24. The van der Waals surface area contributed by atoms with Gasteiger partial charge < -0.3 is 5.32 Å². The first-order valence-electron chi connectivity index (χ1n) is 6.34. The SMILES string of the molecule is CNC(c1cc(Cl)ccc1I)C1CCCCC1. The minimum absolute atomic E-state index is 0.459. The second-order valence-electron chi connectivity index (χ2n) is 4.83. The Morgan fingerprint density at radius 1 is 1.29 bits per heavy atom. The molecular weight excluding hydrogens is 345 g/mol. The van der Waals surface area contributed by atoms with Crippen molar-refractivity contribution in [2.24, 2.45) is 5.92 Å². The van der Waals surface area contributed by atoms with Crippen LogP contribution >= 0.6 is 34.2 Å². The molecule has 1 atom stereocenters. The Hall–Kier alpha value is 0.200. The summed E-state index contributed by atoms with van der Waals surface area (Å²) in [5.41, 5.74) is 1.37. The van der Waals surface area contributed by atoms with Gasteiger partial charge in [0.1, 0.15) is 0 Å². The molecule has 0 radical (unpaired) electrons. The van der Waals surface area contributed by atoms with Crippen molar-refractivity contribution in [1.29, 1.82) is 0 Å². The van der Waals surface area contributed by atoms with E-state index in [1.165, 1.54) is 41.2 Å². The summed E-state index contributed by atoms with van der Waals surface area (Å²) < 4.78 is 1.32. The molecule has 0 bridgehead atoms. The second kappa shape index (κ2) is 6.39. The van der Waals surface area contributed by atoms with E-state index in [0.717, 1.165) is 10.9 Å². The van der Waals surface area contributed by atoms with Gasteiger partial charge in [-0.2, -0.15) is 0 Å². The number of rotatable bonds is 3. The molecule has 1 aromatic rings. The fraction of sp³-hybridized carbons (Fsp3) is 0.571. The van der Waals surface area contributed by atoms with Crippen molar-refractivity contribution < 1.29 is 0 Å². The van der Waals surface area contributed by atoms with Crippen LogP contribution in [0.25, 0.3) is 0 Å². The molecule has 17 heavy (non-hydrogen) atoms. The van der Waals surface area contributed by atoms with E-state index in [1.807, 2.05) is 6.07 Å². The second-order valence-corrected chi connectivity index (χ2v) is 6.43. The smallest absolute Gasteiger partial charge is 0.0410 e. The van der Waals surface area contributed by atoms with Gasteiger partial charge in [0.15, 0.2) is 0 Å². The maximum Gasteiger partial charge on any atom is 0.0410 e. The van der Waals surface area contributed by atoms with Crippen LogP contribution in [0.5, 0.6) is 0 Å².